The highest BCUT2D eigenvalue weighted by molar-refractivity contribution is 6.11. The second kappa shape index (κ2) is 5.66. The molecule has 1 unspecified atom stereocenters. The molecule has 0 aliphatic rings. The predicted molar refractivity (Wildman–Crippen MR) is 56.8 cm³/mol. The van der Waals surface area contributed by atoms with E-state index in [1.165, 1.54) is 13.8 Å². The molecule has 0 aliphatic heterocycles. The van der Waals surface area contributed by atoms with E-state index in [0.717, 1.165) is 12.1 Å². The summed E-state index contributed by atoms with van der Waals surface area (Å²) >= 11 is 0. The van der Waals surface area contributed by atoms with Crippen molar-refractivity contribution in [3.05, 3.63) is 35.4 Å². The Morgan fingerprint density at radius 1 is 1.22 bits per heavy atom. The van der Waals surface area contributed by atoms with E-state index in [-0.39, 0.29) is 0 Å². The van der Waals surface area contributed by atoms with E-state index in [9.17, 15) is 22.8 Å². The molecule has 1 aromatic carbocycles. The van der Waals surface area contributed by atoms with Gasteiger partial charge in [0.25, 0.3) is 6.17 Å². The maximum atomic E-state index is 13.4. The lowest BCUT2D eigenvalue weighted by atomic mass is 10.1. The van der Waals surface area contributed by atoms with Crippen molar-refractivity contribution in [2.45, 2.75) is 26.1 Å². The maximum Gasteiger partial charge on any atom is 0.349 e. The zero-order valence-electron chi connectivity index (χ0n) is 9.75. The lowest BCUT2D eigenvalue weighted by Crippen LogP contribution is -2.30. The number of ketones is 1. The van der Waals surface area contributed by atoms with Crippen LogP contribution < -0.4 is 0 Å². The molecule has 18 heavy (non-hydrogen) atoms. The van der Waals surface area contributed by atoms with Crippen molar-refractivity contribution in [2.75, 3.05) is 0 Å². The van der Waals surface area contributed by atoms with Gasteiger partial charge in [0.05, 0.1) is 11.7 Å². The summed E-state index contributed by atoms with van der Waals surface area (Å²) in [7, 11) is 0. The number of benzene rings is 1. The van der Waals surface area contributed by atoms with Gasteiger partial charge in [0.15, 0.2) is 0 Å². The molecule has 0 saturated carbocycles. The lowest BCUT2D eigenvalue weighted by Gasteiger charge is -2.11. The number of Topliss-reactive ketones (excluding diaryl/α,β-unsaturated/α-hetero) is 1. The molecular weight excluding hydrogens is 249 g/mol. The Labute approximate surface area is 102 Å². The molecule has 0 aliphatic carbocycles. The zero-order chi connectivity index (χ0) is 13.9. The Morgan fingerprint density at radius 3 is 2.33 bits per heavy atom. The van der Waals surface area contributed by atoms with Gasteiger partial charge in [-0.3, -0.25) is 4.79 Å². The molecule has 0 bridgehead atoms. The summed E-state index contributed by atoms with van der Waals surface area (Å²) in [6.45, 7) is 2.96. The van der Waals surface area contributed by atoms with Gasteiger partial charge in [-0.05, 0) is 26.0 Å². The molecule has 0 radical (unpaired) electrons. The fourth-order valence-corrected chi connectivity index (χ4v) is 1.22. The number of carbonyl (C=O) groups excluding carboxylic acids is 2. The van der Waals surface area contributed by atoms with Crippen molar-refractivity contribution in [1.82, 2.24) is 0 Å². The standard InChI is InChI=1S/C12H11F3O3/c1-6(2)18-12(17)10(15)11(16)8-4-3-7(13)5-9(8)14/h3-6,10H,1-2H3. The maximum absolute atomic E-state index is 13.4. The van der Waals surface area contributed by atoms with E-state index in [0.29, 0.717) is 6.07 Å². The number of ether oxygens (including phenoxy) is 1. The molecule has 98 valence electrons. The van der Waals surface area contributed by atoms with Gasteiger partial charge in [0.2, 0.25) is 5.78 Å². The fraction of sp³-hybridized carbons (Fsp3) is 0.333. The molecule has 1 atom stereocenters. The number of hydrogen-bond donors (Lipinski definition) is 0. The molecular formula is C12H11F3O3. The summed E-state index contributed by atoms with van der Waals surface area (Å²) in [4.78, 5) is 22.6. The van der Waals surface area contributed by atoms with Crippen LogP contribution in [0.5, 0.6) is 0 Å². The van der Waals surface area contributed by atoms with Crippen molar-refractivity contribution < 1.29 is 27.5 Å². The first-order chi connectivity index (χ1) is 8.32. The molecule has 0 fully saturated rings. The molecule has 6 heteroatoms. The smallest absolute Gasteiger partial charge is 0.349 e. The molecule has 3 nitrogen and oxygen atoms in total. The molecule has 1 aromatic rings. The number of rotatable bonds is 4. The van der Waals surface area contributed by atoms with Crippen LogP contribution in [0, 0.1) is 11.6 Å². The van der Waals surface area contributed by atoms with E-state index in [4.69, 9.17) is 0 Å². The normalized spacial score (nSPS) is 12.3. The highest BCUT2D eigenvalue weighted by Gasteiger charge is 2.31. The third kappa shape index (κ3) is 3.32. The molecule has 0 saturated heterocycles. The van der Waals surface area contributed by atoms with Crippen LogP contribution in [0.2, 0.25) is 0 Å². The average molecular weight is 260 g/mol. The lowest BCUT2D eigenvalue weighted by molar-refractivity contribution is -0.151. The molecule has 1 rings (SSSR count). The van der Waals surface area contributed by atoms with E-state index in [1.807, 2.05) is 0 Å². The van der Waals surface area contributed by atoms with Crippen LogP contribution in [0.3, 0.4) is 0 Å². The van der Waals surface area contributed by atoms with Crippen LogP contribution in [0.1, 0.15) is 24.2 Å². The van der Waals surface area contributed by atoms with E-state index >= 15 is 0 Å². The first kappa shape index (κ1) is 14.2. The minimum atomic E-state index is -2.62. The highest BCUT2D eigenvalue weighted by atomic mass is 19.1. The highest BCUT2D eigenvalue weighted by Crippen LogP contribution is 2.14. The second-order valence-corrected chi connectivity index (χ2v) is 3.84. The van der Waals surface area contributed by atoms with Crippen LogP contribution in [0.25, 0.3) is 0 Å². The molecule has 0 spiro atoms. The van der Waals surface area contributed by atoms with Crippen molar-refractivity contribution in [3.8, 4) is 0 Å². The van der Waals surface area contributed by atoms with Crippen LogP contribution >= 0.6 is 0 Å². The Balaban J connectivity index is 2.90. The number of esters is 1. The van der Waals surface area contributed by atoms with Crippen LogP contribution in [-0.2, 0) is 9.53 Å². The molecule has 0 heterocycles. The SMILES string of the molecule is CC(C)OC(=O)C(F)C(=O)c1ccc(F)cc1F. The average Bonchev–Trinajstić information content (AvgIpc) is 2.26. The van der Waals surface area contributed by atoms with E-state index in [1.54, 1.807) is 0 Å². The molecule has 0 amide bonds. The van der Waals surface area contributed by atoms with Crippen LogP contribution in [-0.4, -0.2) is 24.0 Å². The first-order valence-electron chi connectivity index (χ1n) is 5.16. The van der Waals surface area contributed by atoms with Crippen molar-refractivity contribution in [3.63, 3.8) is 0 Å². The number of hydrogen-bond acceptors (Lipinski definition) is 3. The van der Waals surface area contributed by atoms with E-state index in [2.05, 4.69) is 4.74 Å². The second-order valence-electron chi connectivity index (χ2n) is 3.84. The summed E-state index contributed by atoms with van der Waals surface area (Å²) in [5.41, 5.74) is -0.690. The topological polar surface area (TPSA) is 43.4 Å². The van der Waals surface area contributed by atoms with Crippen LogP contribution in [0.15, 0.2) is 18.2 Å². The predicted octanol–water partition coefficient (Wildman–Crippen LogP) is 2.44. The van der Waals surface area contributed by atoms with Gasteiger partial charge in [-0.25, -0.2) is 18.0 Å². The monoisotopic (exact) mass is 260 g/mol. The largest absolute Gasteiger partial charge is 0.460 e. The summed E-state index contributed by atoms with van der Waals surface area (Å²) < 4.78 is 43.7. The third-order valence-electron chi connectivity index (χ3n) is 1.99. The molecule has 0 N–H and O–H groups in total. The van der Waals surface area contributed by atoms with Gasteiger partial charge >= 0.3 is 5.97 Å². The minimum Gasteiger partial charge on any atom is -0.460 e. The summed E-state index contributed by atoms with van der Waals surface area (Å²) in [5.74, 6) is -4.90. The minimum absolute atomic E-state index is 0.438. The first-order valence-corrected chi connectivity index (χ1v) is 5.16. The Morgan fingerprint density at radius 2 is 1.83 bits per heavy atom. The van der Waals surface area contributed by atoms with Gasteiger partial charge in [0.1, 0.15) is 11.6 Å². The van der Waals surface area contributed by atoms with Gasteiger partial charge in [-0.1, -0.05) is 0 Å². The van der Waals surface area contributed by atoms with Gasteiger partial charge in [0, 0.05) is 6.07 Å². The van der Waals surface area contributed by atoms with Crippen molar-refractivity contribution >= 4 is 11.8 Å². The molecule has 0 aromatic heterocycles. The van der Waals surface area contributed by atoms with Crippen molar-refractivity contribution in [1.29, 1.82) is 0 Å². The Kier molecular flexibility index (Phi) is 4.47. The third-order valence-corrected chi connectivity index (χ3v) is 1.99. The summed E-state index contributed by atoms with van der Waals surface area (Å²) in [5, 5.41) is 0. The van der Waals surface area contributed by atoms with E-state index < -0.39 is 41.2 Å². The van der Waals surface area contributed by atoms with Gasteiger partial charge in [-0.15, -0.1) is 0 Å². The number of carbonyl (C=O) groups is 2. The quantitative estimate of drug-likeness (QED) is 0.474. The number of halogens is 3. The summed E-state index contributed by atoms with van der Waals surface area (Å²) in [6.07, 6.45) is -3.21. The Bertz CT molecular complexity index is 472. The fourth-order valence-electron chi connectivity index (χ4n) is 1.22. The number of alkyl halides is 1. The van der Waals surface area contributed by atoms with Gasteiger partial charge in [-0.2, -0.15) is 0 Å². The Hall–Kier alpha value is -1.85. The van der Waals surface area contributed by atoms with Crippen molar-refractivity contribution in [2.24, 2.45) is 0 Å². The van der Waals surface area contributed by atoms with Crippen LogP contribution in [0.4, 0.5) is 13.2 Å². The zero-order valence-corrected chi connectivity index (χ0v) is 9.75. The van der Waals surface area contributed by atoms with Gasteiger partial charge < -0.3 is 4.74 Å². The summed E-state index contributed by atoms with van der Waals surface area (Å²) in [6, 6.07) is 2.02.